The molecular weight excluding hydrogens is 462 g/mol. The quantitative estimate of drug-likeness (QED) is 0.478. The molecule has 4 rings (SSSR count). The summed E-state index contributed by atoms with van der Waals surface area (Å²) in [4.78, 5) is 24.7. The van der Waals surface area contributed by atoms with E-state index in [1.807, 2.05) is 0 Å². The zero-order valence-electron chi connectivity index (χ0n) is 17.5. The van der Waals surface area contributed by atoms with Gasteiger partial charge in [-0.2, -0.15) is 4.72 Å². The van der Waals surface area contributed by atoms with E-state index in [1.54, 1.807) is 60.7 Å². The lowest BCUT2D eigenvalue weighted by Crippen LogP contribution is -2.40. The third-order valence-corrected chi connectivity index (χ3v) is 7.00. The fourth-order valence-corrected chi connectivity index (χ4v) is 4.92. The molecule has 3 aromatic rings. The first-order chi connectivity index (χ1) is 15.8. The predicted octanol–water partition coefficient (Wildman–Crippen LogP) is 3.56. The number of nitrogens with one attached hydrogen (secondary N) is 3. The molecule has 0 aliphatic carbocycles. The number of benzene rings is 3. The molecule has 0 radical (unpaired) electrons. The van der Waals surface area contributed by atoms with Crippen molar-refractivity contribution >= 4 is 39.1 Å². The maximum absolute atomic E-state index is 13.2. The Balaban J connectivity index is 1.56. The highest BCUT2D eigenvalue weighted by atomic mass is 35.5. The lowest BCUT2D eigenvalue weighted by molar-refractivity contribution is -0.123. The van der Waals surface area contributed by atoms with Crippen LogP contribution in [0.5, 0.6) is 0 Å². The van der Waals surface area contributed by atoms with Gasteiger partial charge in [-0.05, 0) is 53.4 Å². The summed E-state index contributed by atoms with van der Waals surface area (Å²) in [7, 11) is -4.03. The highest BCUT2D eigenvalue weighted by Gasteiger charge is 2.28. The summed E-state index contributed by atoms with van der Waals surface area (Å²) in [6.45, 7) is 0.222. The van der Waals surface area contributed by atoms with Crippen LogP contribution < -0.4 is 15.4 Å². The van der Waals surface area contributed by atoms with Gasteiger partial charge in [-0.25, -0.2) is 8.42 Å². The van der Waals surface area contributed by atoms with Crippen LogP contribution in [-0.4, -0.2) is 20.2 Å². The maximum atomic E-state index is 13.2. The molecule has 1 atom stereocenters. The Morgan fingerprint density at radius 1 is 1.00 bits per heavy atom. The van der Waals surface area contributed by atoms with Crippen molar-refractivity contribution in [2.24, 2.45) is 0 Å². The van der Waals surface area contributed by atoms with Crippen molar-refractivity contribution in [2.75, 3.05) is 5.32 Å². The SMILES string of the molecule is O=C1CCc2cc(S(=O)(=O)N[C@H](C(=O)NCc3ccc(Cl)cc3)c3ccccc3)ccc2N1. The third-order valence-electron chi connectivity index (χ3n) is 5.33. The van der Waals surface area contributed by atoms with Crippen LogP contribution in [0.1, 0.15) is 29.2 Å². The van der Waals surface area contributed by atoms with Gasteiger partial charge in [-0.15, -0.1) is 0 Å². The highest BCUT2D eigenvalue weighted by molar-refractivity contribution is 7.89. The van der Waals surface area contributed by atoms with Crippen molar-refractivity contribution in [3.05, 3.63) is 94.5 Å². The van der Waals surface area contributed by atoms with Crippen LogP contribution in [0.25, 0.3) is 0 Å². The molecule has 0 unspecified atom stereocenters. The van der Waals surface area contributed by atoms with E-state index in [4.69, 9.17) is 11.6 Å². The molecule has 0 fully saturated rings. The molecular formula is C24H22ClN3O4S. The second kappa shape index (κ2) is 9.74. The van der Waals surface area contributed by atoms with E-state index in [-0.39, 0.29) is 17.3 Å². The van der Waals surface area contributed by atoms with Crippen molar-refractivity contribution in [3.8, 4) is 0 Å². The van der Waals surface area contributed by atoms with E-state index in [1.165, 1.54) is 12.1 Å². The number of amides is 2. The molecule has 0 aromatic heterocycles. The molecule has 1 aliphatic heterocycles. The molecule has 170 valence electrons. The molecule has 0 saturated heterocycles. The first-order valence-electron chi connectivity index (χ1n) is 10.3. The Kier molecular flexibility index (Phi) is 6.78. The molecule has 9 heteroatoms. The second-order valence-corrected chi connectivity index (χ2v) is 9.83. The summed E-state index contributed by atoms with van der Waals surface area (Å²) in [6.07, 6.45) is 0.748. The molecule has 0 bridgehead atoms. The Morgan fingerprint density at radius 3 is 2.45 bits per heavy atom. The number of carbonyl (C=O) groups is 2. The summed E-state index contributed by atoms with van der Waals surface area (Å²) in [5.74, 6) is -0.581. The Labute approximate surface area is 197 Å². The standard InChI is InChI=1S/C24H22ClN3O4S/c25-19-9-6-16(7-10-19)15-26-24(30)23(17-4-2-1-3-5-17)28-33(31,32)20-11-12-21-18(14-20)8-13-22(29)27-21/h1-7,9-12,14,23,28H,8,13,15H2,(H,26,30)(H,27,29)/t23-/m0/s1. The number of fused-ring (bicyclic) bond motifs is 1. The van der Waals surface area contributed by atoms with E-state index in [2.05, 4.69) is 15.4 Å². The van der Waals surface area contributed by atoms with E-state index in [0.717, 1.165) is 11.1 Å². The van der Waals surface area contributed by atoms with Gasteiger partial charge in [0.15, 0.2) is 0 Å². The second-order valence-electron chi connectivity index (χ2n) is 7.68. The predicted molar refractivity (Wildman–Crippen MR) is 126 cm³/mol. The number of sulfonamides is 1. The van der Waals surface area contributed by atoms with Gasteiger partial charge in [0.05, 0.1) is 4.90 Å². The van der Waals surface area contributed by atoms with Gasteiger partial charge >= 0.3 is 0 Å². The Hall–Kier alpha value is -3.20. The van der Waals surface area contributed by atoms with Gasteiger partial charge in [0.1, 0.15) is 6.04 Å². The normalized spacial score (nSPS) is 14.2. The van der Waals surface area contributed by atoms with Crippen molar-refractivity contribution in [3.63, 3.8) is 0 Å². The molecule has 33 heavy (non-hydrogen) atoms. The van der Waals surface area contributed by atoms with Crippen LogP contribution >= 0.6 is 11.6 Å². The summed E-state index contributed by atoms with van der Waals surface area (Å²) < 4.78 is 28.9. The largest absolute Gasteiger partial charge is 0.350 e. The number of rotatable bonds is 7. The number of carbonyl (C=O) groups excluding carboxylic acids is 2. The average molecular weight is 484 g/mol. The van der Waals surface area contributed by atoms with Crippen LogP contribution in [0.3, 0.4) is 0 Å². The zero-order chi connectivity index (χ0) is 23.4. The minimum absolute atomic E-state index is 0.0313. The topological polar surface area (TPSA) is 104 Å². The van der Waals surface area contributed by atoms with E-state index in [9.17, 15) is 18.0 Å². The highest BCUT2D eigenvalue weighted by Crippen LogP contribution is 2.26. The van der Waals surface area contributed by atoms with Gasteiger partial charge < -0.3 is 10.6 Å². The van der Waals surface area contributed by atoms with Gasteiger partial charge in [0.25, 0.3) is 0 Å². The van der Waals surface area contributed by atoms with Crippen LogP contribution in [0.2, 0.25) is 5.02 Å². The van der Waals surface area contributed by atoms with Crippen molar-refractivity contribution in [1.82, 2.24) is 10.0 Å². The number of halogens is 1. The average Bonchev–Trinajstić information content (AvgIpc) is 2.82. The van der Waals surface area contributed by atoms with Crippen LogP contribution in [-0.2, 0) is 32.6 Å². The lowest BCUT2D eigenvalue weighted by Gasteiger charge is -2.21. The van der Waals surface area contributed by atoms with Crippen molar-refractivity contribution < 1.29 is 18.0 Å². The van der Waals surface area contributed by atoms with Gasteiger partial charge in [-0.1, -0.05) is 54.1 Å². The fraction of sp³-hybridized carbons (Fsp3) is 0.167. The summed E-state index contributed by atoms with van der Waals surface area (Å²) in [5.41, 5.74) is 2.69. The number of aryl methyl sites for hydroxylation is 1. The number of hydrogen-bond acceptors (Lipinski definition) is 4. The minimum Gasteiger partial charge on any atom is -0.350 e. The smallest absolute Gasteiger partial charge is 0.243 e. The molecule has 2 amide bonds. The molecule has 1 aliphatic rings. The summed E-state index contributed by atoms with van der Waals surface area (Å²) in [6, 6.07) is 19.1. The van der Waals surface area contributed by atoms with Crippen molar-refractivity contribution in [1.29, 1.82) is 0 Å². The summed E-state index contributed by atoms with van der Waals surface area (Å²) >= 11 is 5.90. The van der Waals surface area contributed by atoms with Gasteiger partial charge in [-0.3, -0.25) is 9.59 Å². The van der Waals surface area contributed by atoms with Crippen LogP contribution in [0, 0.1) is 0 Å². The molecule has 7 nitrogen and oxygen atoms in total. The van der Waals surface area contributed by atoms with Crippen LogP contribution in [0.15, 0.2) is 77.7 Å². The maximum Gasteiger partial charge on any atom is 0.243 e. The Morgan fingerprint density at radius 2 is 1.73 bits per heavy atom. The first kappa shape index (κ1) is 23.0. The van der Waals surface area contributed by atoms with E-state index in [0.29, 0.717) is 29.1 Å². The first-order valence-corrected chi connectivity index (χ1v) is 12.2. The monoisotopic (exact) mass is 483 g/mol. The minimum atomic E-state index is -4.03. The number of hydrogen-bond donors (Lipinski definition) is 3. The van der Waals surface area contributed by atoms with E-state index >= 15 is 0 Å². The third kappa shape index (κ3) is 5.60. The molecule has 0 saturated carbocycles. The molecule has 3 aromatic carbocycles. The fourth-order valence-electron chi connectivity index (χ4n) is 3.56. The molecule has 0 spiro atoms. The van der Waals surface area contributed by atoms with Crippen molar-refractivity contribution in [2.45, 2.75) is 30.3 Å². The lowest BCUT2D eigenvalue weighted by atomic mass is 10.0. The zero-order valence-corrected chi connectivity index (χ0v) is 19.1. The van der Waals surface area contributed by atoms with Crippen LogP contribution in [0.4, 0.5) is 5.69 Å². The summed E-state index contributed by atoms with van der Waals surface area (Å²) in [5, 5.41) is 6.11. The molecule has 3 N–H and O–H groups in total. The van der Waals surface area contributed by atoms with E-state index < -0.39 is 22.0 Å². The number of anilines is 1. The Bertz CT molecular complexity index is 1280. The van der Waals surface area contributed by atoms with Gasteiger partial charge in [0.2, 0.25) is 21.8 Å². The molecule has 1 heterocycles. The van der Waals surface area contributed by atoms with Gasteiger partial charge in [0, 0.05) is 23.7 Å².